The maximum absolute atomic E-state index is 11.8. The summed E-state index contributed by atoms with van der Waals surface area (Å²) < 4.78 is 10.2. The first-order chi connectivity index (χ1) is 12.1. The van der Waals surface area contributed by atoms with E-state index < -0.39 is 17.9 Å². The number of hydrogen-bond donors (Lipinski definition) is 1. The van der Waals surface area contributed by atoms with Gasteiger partial charge >= 0.3 is 5.97 Å². The van der Waals surface area contributed by atoms with E-state index in [1.807, 2.05) is 0 Å². The summed E-state index contributed by atoms with van der Waals surface area (Å²) in [5, 5.41) is 2.56. The first-order valence-corrected chi connectivity index (χ1v) is 9.66. The Hall–Kier alpha value is -1.78. The summed E-state index contributed by atoms with van der Waals surface area (Å²) in [5.74, 6) is -0.626. The molecule has 0 saturated heterocycles. The molecule has 5 nitrogen and oxygen atoms in total. The van der Waals surface area contributed by atoms with Crippen LogP contribution in [-0.2, 0) is 9.53 Å². The van der Waals surface area contributed by atoms with Crippen molar-refractivity contribution in [3.8, 4) is 0 Å². The van der Waals surface area contributed by atoms with Gasteiger partial charge in [-0.25, -0.2) is 4.79 Å². The summed E-state index contributed by atoms with van der Waals surface area (Å²) in [6, 6.07) is 2.50. The highest BCUT2D eigenvalue weighted by Gasteiger charge is 2.19. The minimum atomic E-state index is -0.680. The predicted molar refractivity (Wildman–Crippen MR) is 98.4 cm³/mol. The number of hydrogen-bond acceptors (Lipinski definition) is 4. The number of rotatable bonds is 14. The Morgan fingerprint density at radius 3 is 2.20 bits per heavy atom. The normalized spacial score (nSPS) is 11.9. The molecule has 142 valence electrons. The second-order valence-corrected chi connectivity index (χ2v) is 6.52. The summed E-state index contributed by atoms with van der Waals surface area (Å²) in [6.45, 7) is 4.26. The van der Waals surface area contributed by atoms with Crippen LogP contribution in [0.4, 0.5) is 0 Å². The highest BCUT2D eigenvalue weighted by molar-refractivity contribution is 5.94. The Bertz CT molecular complexity index is 470. The number of amides is 1. The molecule has 0 aliphatic carbocycles. The SMILES string of the molecule is CCCCCCCCCCCCOC(=O)C(C)NC(=O)c1ccco1. The average Bonchev–Trinajstić information content (AvgIpc) is 3.14. The van der Waals surface area contributed by atoms with Gasteiger partial charge in [0.15, 0.2) is 5.76 Å². The zero-order valence-corrected chi connectivity index (χ0v) is 15.7. The van der Waals surface area contributed by atoms with E-state index in [9.17, 15) is 9.59 Å². The molecule has 1 aromatic heterocycles. The van der Waals surface area contributed by atoms with Gasteiger partial charge in [-0.1, -0.05) is 64.7 Å². The van der Waals surface area contributed by atoms with Crippen molar-refractivity contribution in [3.05, 3.63) is 24.2 Å². The number of ether oxygens (including phenoxy) is 1. The summed E-state index contributed by atoms with van der Waals surface area (Å²) in [4.78, 5) is 23.6. The third kappa shape index (κ3) is 9.95. The van der Waals surface area contributed by atoms with Crippen molar-refractivity contribution in [1.82, 2.24) is 5.32 Å². The highest BCUT2D eigenvalue weighted by Crippen LogP contribution is 2.10. The van der Waals surface area contributed by atoms with Gasteiger partial charge in [0.05, 0.1) is 12.9 Å². The van der Waals surface area contributed by atoms with Gasteiger partial charge in [-0.15, -0.1) is 0 Å². The molecule has 25 heavy (non-hydrogen) atoms. The molecular formula is C20H33NO4. The van der Waals surface area contributed by atoms with E-state index in [2.05, 4.69) is 12.2 Å². The molecule has 1 rings (SSSR count). The topological polar surface area (TPSA) is 68.5 Å². The minimum absolute atomic E-state index is 0.189. The number of carbonyl (C=O) groups is 2. The van der Waals surface area contributed by atoms with Crippen LogP contribution in [0.3, 0.4) is 0 Å². The standard InChI is InChI=1S/C20H33NO4/c1-3-4-5-6-7-8-9-10-11-12-15-25-20(23)17(2)21-19(22)18-14-13-16-24-18/h13-14,16-17H,3-12,15H2,1-2H3,(H,21,22). The van der Waals surface area contributed by atoms with Crippen molar-refractivity contribution in [1.29, 1.82) is 0 Å². The van der Waals surface area contributed by atoms with Crippen LogP contribution in [0.1, 0.15) is 88.6 Å². The van der Waals surface area contributed by atoms with Gasteiger partial charge in [0.1, 0.15) is 6.04 Å². The van der Waals surface area contributed by atoms with E-state index in [1.165, 1.54) is 57.6 Å². The van der Waals surface area contributed by atoms with Crippen LogP contribution in [0.5, 0.6) is 0 Å². The smallest absolute Gasteiger partial charge is 0.328 e. The lowest BCUT2D eigenvalue weighted by molar-refractivity contribution is -0.145. The van der Waals surface area contributed by atoms with Crippen molar-refractivity contribution in [2.45, 2.75) is 84.1 Å². The first-order valence-electron chi connectivity index (χ1n) is 9.66. The lowest BCUT2D eigenvalue weighted by Gasteiger charge is -2.12. The van der Waals surface area contributed by atoms with Crippen LogP contribution in [0.15, 0.2) is 22.8 Å². The molecule has 1 unspecified atom stereocenters. The van der Waals surface area contributed by atoms with Crippen molar-refractivity contribution >= 4 is 11.9 Å². The molecule has 0 spiro atoms. The molecule has 1 amide bonds. The van der Waals surface area contributed by atoms with Crippen molar-refractivity contribution in [3.63, 3.8) is 0 Å². The van der Waals surface area contributed by atoms with Crippen molar-refractivity contribution in [2.24, 2.45) is 0 Å². The molecule has 0 bridgehead atoms. The largest absolute Gasteiger partial charge is 0.464 e. The van der Waals surface area contributed by atoms with Gasteiger partial charge in [-0.3, -0.25) is 4.79 Å². The number of furan rings is 1. The van der Waals surface area contributed by atoms with Crippen molar-refractivity contribution in [2.75, 3.05) is 6.61 Å². The zero-order chi connectivity index (χ0) is 18.3. The van der Waals surface area contributed by atoms with Crippen LogP contribution < -0.4 is 5.32 Å². The predicted octanol–water partition coefficient (Wildman–Crippen LogP) is 4.86. The molecule has 0 radical (unpaired) electrons. The fourth-order valence-electron chi connectivity index (χ4n) is 2.62. The molecule has 0 saturated carbocycles. The van der Waals surface area contributed by atoms with E-state index >= 15 is 0 Å². The fraction of sp³-hybridized carbons (Fsp3) is 0.700. The van der Waals surface area contributed by atoms with Gasteiger partial charge in [0, 0.05) is 0 Å². The Morgan fingerprint density at radius 2 is 1.64 bits per heavy atom. The second-order valence-electron chi connectivity index (χ2n) is 6.52. The molecule has 0 aromatic carbocycles. The Labute approximate surface area is 151 Å². The van der Waals surface area contributed by atoms with Crippen LogP contribution in [0, 0.1) is 0 Å². The van der Waals surface area contributed by atoms with Crippen LogP contribution in [0.25, 0.3) is 0 Å². The molecular weight excluding hydrogens is 318 g/mol. The molecule has 0 aliphatic heterocycles. The van der Waals surface area contributed by atoms with Gasteiger partial charge in [-0.2, -0.15) is 0 Å². The quantitative estimate of drug-likeness (QED) is 0.384. The van der Waals surface area contributed by atoms with E-state index in [0.29, 0.717) is 6.61 Å². The van der Waals surface area contributed by atoms with Crippen molar-refractivity contribution < 1.29 is 18.7 Å². The molecule has 1 atom stereocenters. The van der Waals surface area contributed by atoms with Crippen LogP contribution in [0.2, 0.25) is 0 Å². The van der Waals surface area contributed by atoms with Crippen LogP contribution in [-0.4, -0.2) is 24.5 Å². The van der Waals surface area contributed by atoms with E-state index in [1.54, 1.807) is 19.1 Å². The number of unbranched alkanes of at least 4 members (excludes halogenated alkanes) is 9. The van der Waals surface area contributed by atoms with Gasteiger partial charge in [0.2, 0.25) is 0 Å². The monoisotopic (exact) mass is 351 g/mol. The third-order valence-electron chi connectivity index (χ3n) is 4.19. The minimum Gasteiger partial charge on any atom is -0.464 e. The molecule has 0 aliphatic rings. The van der Waals surface area contributed by atoms with E-state index in [4.69, 9.17) is 9.15 Å². The third-order valence-corrected chi connectivity index (χ3v) is 4.19. The highest BCUT2D eigenvalue weighted by atomic mass is 16.5. The van der Waals surface area contributed by atoms with Gasteiger partial charge < -0.3 is 14.5 Å². The Balaban J connectivity index is 1.97. The maximum Gasteiger partial charge on any atom is 0.328 e. The van der Waals surface area contributed by atoms with Gasteiger partial charge in [0.25, 0.3) is 5.91 Å². The molecule has 1 aromatic rings. The maximum atomic E-state index is 11.8. The summed E-state index contributed by atoms with van der Waals surface area (Å²) in [6.07, 6.45) is 13.8. The molecule has 0 fully saturated rings. The second kappa shape index (κ2) is 13.5. The van der Waals surface area contributed by atoms with Gasteiger partial charge in [-0.05, 0) is 25.5 Å². The summed E-state index contributed by atoms with van der Waals surface area (Å²) in [5.41, 5.74) is 0. The average molecular weight is 351 g/mol. The number of esters is 1. The van der Waals surface area contributed by atoms with E-state index in [-0.39, 0.29) is 5.76 Å². The molecule has 1 heterocycles. The van der Waals surface area contributed by atoms with Crippen LogP contribution >= 0.6 is 0 Å². The van der Waals surface area contributed by atoms with E-state index in [0.717, 1.165) is 12.8 Å². The summed E-state index contributed by atoms with van der Waals surface area (Å²) >= 11 is 0. The first kappa shape index (κ1) is 21.3. The number of carbonyl (C=O) groups excluding carboxylic acids is 2. The summed E-state index contributed by atoms with van der Waals surface area (Å²) in [7, 11) is 0. The molecule has 1 N–H and O–H groups in total. The zero-order valence-electron chi connectivity index (χ0n) is 15.7. The Morgan fingerprint density at radius 1 is 1.04 bits per heavy atom. The number of nitrogens with one attached hydrogen (secondary N) is 1. The fourth-order valence-corrected chi connectivity index (χ4v) is 2.62. The lowest BCUT2D eigenvalue weighted by Crippen LogP contribution is -2.39. The molecule has 5 heteroatoms. The lowest BCUT2D eigenvalue weighted by atomic mass is 10.1. The Kier molecular flexibility index (Phi) is 11.5.